The quantitative estimate of drug-likeness (QED) is 0.283. The summed E-state index contributed by atoms with van der Waals surface area (Å²) in [5, 5.41) is 8.43. The lowest BCUT2D eigenvalue weighted by molar-refractivity contribution is -0.123. The van der Waals surface area contributed by atoms with Crippen molar-refractivity contribution in [3.63, 3.8) is 0 Å². The Hall–Kier alpha value is -3.55. The molecule has 39 heavy (non-hydrogen) atoms. The maximum absolute atomic E-state index is 13.7. The van der Waals surface area contributed by atoms with Crippen molar-refractivity contribution in [3.8, 4) is 16.9 Å². The highest BCUT2D eigenvalue weighted by Gasteiger charge is 2.38. The number of nitrogens with zero attached hydrogens (tertiary/aromatic N) is 3. The molecule has 1 aliphatic rings. The molecule has 200 valence electrons. The lowest BCUT2D eigenvalue weighted by atomic mass is 9.99. The van der Waals surface area contributed by atoms with E-state index in [0.717, 1.165) is 33.6 Å². The van der Waals surface area contributed by atoms with Gasteiger partial charge in [0.2, 0.25) is 11.8 Å². The number of fused-ring (bicyclic) bond motifs is 1. The lowest BCUT2D eigenvalue weighted by Crippen LogP contribution is -2.43. The fraction of sp³-hybridized carbons (Fsp3) is 0.258. The number of aromatic nitrogens is 2. The minimum atomic E-state index is -0.268. The Morgan fingerprint density at radius 2 is 1.74 bits per heavy atom. The monoisotopic (exact) mass is 558 g/mol. The van der Waals surface area contributed by atoms with Gasteiger partial charge in [0, 0.05) is 22.7 Å². The zero-order valence-corrected chi connectivity index (χ0v) is 23.8. The van der Waals surface area contributed by atoms with E-state index in [0.29, 0.717) is 23.3 Å². The van der Waals surface area contributed by atoms with Crippen LogP contribution in [0.15, 0.2) is 78.9 Å². The van der Waals surface area contributed by atoms with E-state index in [1.54, 1.807) is 9.58 Å². The molecule has 5 rings (SSSR count). The molecule has 0 unspecified atom stereocenters. The summed E-state index contributed by atoms with van der Waals surface area (Å²) in [6.07, 6.45) is 0. The largest absolute Gasteiger partial charge is 0.354 e. The van der Waals surface area contributed by atoms with E-state index in [1.807, 2.05) is 99.6 Å². The number of benzene rings is 3. The van der Waals surface area contributed by atoms with Crippen LogP contribution in [-0.4, -0.2) is 40.4 Å². The maximum atomic E-state index is 13.7. The third-order valence-corrected chi connectivity index (χ3v) is 8.19. The Bertz CT molecular complexity index is 1480. The first kappa shape index (κ1) is 27.0. The van der Waals surface area contributed by atoms with Crippen LogP contribution in [0.1, 0.15) is 35.8 Å². The number of rotatable bonds is 7. The number of halogens is 1. The van der Waals surface area contributed by atoms with Crippen LogP contribution in [-0.2, 0) is 9.59 Å². The molecule has 1 N–H and O–H groups in total. The van der Waals surface area contributed by atoms with Gasteiger partial charge in [-0.3, -0.25) is 14.5 Å². The van der Waals surface area contributed by atoms with Crippen LogP contribution in [0.5, 0.6) is 0 Å². The number of thioether (sulfide) groups is 1. The molecule has 8 heteroatoms. The molecule has 1 atom stereocenters. The van der Waals surface area contributed by atoms with Gasteiger partial charge in [-0.05, 0) is 36.6 Å². The van der Waals surface area contributed by atoms with Crippen molar-refractivity contribution in [1.82, 2.24) is 15.1 Å². The molecule has 3 aromatic carbocycles. The first-order chi connectivity index (χ1) is 18.8. The Kier molecular flexibility index (Phi) is 8.10. The van der Waals surface area contributed by atoms with Crippen LogP contribution in [0.2, 0.25) is 5.02 Å². The van der Waals surface area contributed by atoms with Crippen LogP contribution in [0.25, 0.3) is 16.9 Å². The molecule has 1 aliphatic heterocycles. The van der Waals surface area contributed by atoms with E-state index < -0.39 is 0 Å². The molecule has 2 heterocycles. The van der Waals surface area contributed by atoms with Gasteiger partial charge >= 0.3 is 0 Å². The number of carbonyl (C=O) groups excluding carboxylic acids is 2. The van der Waals surface area contributed by atoms with Crippen molar-refractivity contribution >= 4 is 41.0 Å². The van der Waals surface area contributed by atoms with E-state index in [4.69, 9.17) is 16.7 Å². The minimum Gasteiger partial charge on any atom is -0.354 e. The zero-order valence-electron chi connectivity index (χ0n) is 22.2. The van der Waals surface area contributed by atoms with Crippen LogP contribution < -0.4 is 10.2 Å². The average molecular weight is 559 g/mol. The number of hydrogen-bond acceptors (Lipinski definition) is 4. The summed E-state index contributed by atoms with van der Waals surface area (Å²) in [5.41, 5.74) is 5.38. The molecule has 0 bridgehead atoms. The Morgan fingerprint density at radius 1 is 1.05 bits per heavy atom. The minimum absolute atomic E-state index is 0.0971. The van der Waals surface area contributed by atoms with Crippen molar-refractivity contribution in [2.75, 3.05) is 23.7 Å². The number of nitrogens with one attached hydrogen (secondary N) is 1. The molecule has 0 spiro atoms. The van der Waals surface area contributed by atoms with E-state index in [2.05, 4.69) is 5.32 Å². The van der Waals surface area contributed by atoms with Crippen LogP contribution in [0.4, 0.5) is 5.82 Å². The third kappa shape index (κ3) is 5.75. The first-order valence-corrected chi connectivity index (χ1v) is 14.4. The maximum Gasteiger partial charge on any atom is 0.240 e. The fourth-order valence-electron chi connectivity index (χ4n) is 4.65. The molecule has 0 saturated carbocycles. The number of hydrogen-bond donors (Lipinski definition) is 1. The molecule has 0 saturated heterocycles. The third-order valence-electron chi connectivity index (χ3n) is 6.61. The number of anilines is 1. The second kappa shape index (κ2) is 11.7. The first-order valence-electron chi connectivity index (χ1n) is 13.0. The van der Waals surface area contributed by atoms with Crippen molar-refractivity contribution in [3.05, 3.63) is 101 Å². The standard InChI is InChI=1S/C31H31ClN4O2S/c1-20(2)17-33-26(37)18-35-27(38)19-39-30(24-11-7-8-12-25(24)32)28-29(22-9-5-4-6-10-22)34-36(31(28)35)23-15-13-21(3)14-16-23/h4-16,20,30H,17-19H2,1-3H3,(H,33,37)/t30-/m1/s1. The number of aryl methyl sites for hydroxylation is 1. The van der Waals surface area contributed by atoms with Gasteiger partial charge in [-0.1, -0.05) is 91.7 Å². The molecule has 0 radical (unpaired) electrons. The van der Waals surface area contributed by atoms with E-state index in [1.165, 1.54) is 11.8 Å². The van der Waals surface area contributed by atoms with Gasteiger partial charge in [-0.15, -0.1) is 11.8 Å². The summed E-state index contributed by atoms with van der Waals surface area (Å²) >= 11 is 8.25. The second-order valence-electron chi connectivity index (χ2n) is 10.1. The predicted octanol–water partition coefficient (Wildman–Crippen LogP) is 6.44. The molecule has 2 amide bonds. The molecule has 0 aliphatic carbocycles. The molecule has 1 aromatic heterocycles. The second-order valence-corrected chi connectivity index (χ2v) is 11.6. The highest BCUT2D eigenvalue weighted by atomic mass is 35.5. The van der Waals surface area contributed by atoms with Crippen LogP contribution >= 0.6 is 23.4 Å². The predicted molar refractivity (Wildman–Crippen MR) is 160 cm³/mol. The van der Waals surface area contributed by atoms with Gasteiger partial charge in [0.05, 0.1) is 22.4 Å². The number of amides is 2. The zero-order chi connectivity index (χ0) is 27.5. The summed E-state index contributed by atoms with van der Waals surface area (Å²) in [7, 11) is 0. The number of carbonyl (C=O) groups is 2. The molecular weight excluding hydrogens is 528 g/mol. The highest BCUT2D eigenvalue weighted by molar-refractivity contribution is 8.00. The molecule has 4 aromatic rings. The lowest BCUT2D eigenvalue weighted by Gasteiger charge is -2.23. The van der Waals surface area contributed by atoms with Gasteiger partial charge in [0.15, 0.2) is 0 Å². The highest BCUT2D eigenvalue weighted by Crippen LogP contribution is 2.49. The summed E-state index contributed by atoms with van der Waals surface area (Å²) in [6.45, 7) is 6.55. The Morgan fingerprint density at radius 3 is 2.44 bits per heavy atom. The van der Waals surface area contributed by atoms with Crippen LogP contribution in [0, 0.1) is 12.8 Å². The smallest absolute Gasteiger partial charge is 0.240 e. The summed E-state index contributed by atoms with van der Waals surface area (Å²) in [4.78, 5) is 28.4. The van der Waals surface area contributed by atoms with E-state index in [9.17, 15) is 9.59 Å². The topological polar surface area (TPSA) is 67.2 Å². The summed E-state index contributed by atoms with van der Waals surface area (Å²) in [5.74, 6) is 0.736. The van der Waals surface area contributed by atoms with Gasteiger partial charge < -0.3 is 5.32 Å². The fourth-order valence-corrected chi connectivity index (χ4v) is 6.19. The van der Waals surface area contributed by atoms with Gasteiger partial charge in [0.25, 0.3) is 0 Å². The average Bonchev–Trinajstić information content (AvgIpc) is 3.26. The molecule has 6 nitrogen and oxygen atoms in total. The van der Waals surface area contributed by atoms with Crippen molar-refractivity contribution in [1.29, 1.82) is 0 Å². The van der Waals surface area contributed by atoms with Crippen molar-refractivity contribution < 1.29 is 9.59 Å². The van der Waals surface area contributed by atoms with Gasteiger partial charge in [0.1, 0.15) is 12.4 Å². The van der Waals surface area contributed by atoms with Crippen molar-refractivity contribution in [2.45, 2.75) is 26.0 Å². The van der Waals surface area contributed by atoms with E-state index in [-0.39, 0.29) is 29.4 Å². The summed E-state index contributed by atoms with van der Waals surface area (Å²) < 4.78 is 1.81. The van der Waals surface area contributed by atoms with Gasteiger partial charge in [-0.25, -0.2) is 4.68 Å². The van der Waals surface area contributed by atoms with Gasteiger partial charge in [-0.2, -0.15) is 5.10 Å². The molecular formula is C31H31ClN4O2S. The molecule has 0 fully saturated rings. The summed E-state index contributed by atoms with van der Waals surface area (Å²) in [6, 6.07) is 25.7. The normalized spacial score (nSPS) is 15.3. The van der Waals surface area contributed by atoms with E-state index >= 15 is 0 Å². The Balaban J connectivity index is 1.77. The van der Waals surface area contributed by atoms with Crippen LogP contribution in [0.3, 0.4) is 0 Å². The van der Waals surface area contributed by atoms with Crippen molar-refractivity contribution in [2.24, 2.45) is 5.92 Å². The SMILES string of the molecule is Cc1ccc(-n2nc(-c3ccccc3)c3c2N(CC(=O)NCC(C)C)C(=O)CS[C@@H]3c2ccccc2Cl)cc1. The Labute approximate surface area is 238 Å².